The molecule has 0 amide bonds. The predicted molar refractivity (Wildman–Crippen MR) is 80.8 cm³/mol. The quantitative estimate of drug-likeness (QED) is 0.866. The Morgan fingerprint density at radius 3 is 2.74 bits per heavy atom. The summed E-state index contributed by atoms with van der Waals surface area (Å²) in [6, 6.07) is 3.61. The van der Waals surface area contributed by atoms with Gasteiger partial charge in [-0.1, -0.05) is 29.3 Å². The maximum atomic E-state index is 6.21. The largest absolute Gasteiger partial charge is 0.480 e. The maximum absolute atomic E-state index is 6.21. The summed E-state index contributed by atoms with van der Waals surface area (Å²) < 4.78 is 5.77. The van der Waals surface area contributed by atoms with Crippen LogP contribution in [0, 0.1) is 6.92 Å². The van der Waals surface area contributed by atoms with Crippen LogP contribution in [0.1, 0.15) is 5.56 Å². The molecule has 1 aromatic heterocycles. The number of hydrogen-bond acceptors (Lipinski definition) is 4. The minimum absolute atomic E-state index is 0.356. The van der Waals surface area contributed by atoms with Gasteiger partial charge in [0, 0.05) is 0 Å². The third kappa shape index (κ3) is 3.11. The van der Waals surface area contributed by atoms with E-state index >= 15 is 0 Å². The van der Waals surface area contributed by atoms with Gasteiger partial charge in [0.1, 0.15) is 0 Å². The van der Waals surface area contributed by atoms with Gasteiger partial charge in [0.2, 0.25) is 11.8 Å². The van der Waals surface area contributed by atoms with E-state index < -0.39 is 0 Å². The number of aromatic nitrogens is 2. The van der Waals surface area contributed by atoms with Crippen molar-refractivity contribution < 1.29 is 4.74 Å². The number of hydrogen-bond donors (Lipinski definition) is 1. The zero-order valence-corrected chi connectivity index (χ0v) is 13.3. The second kappa shape index (κ2) is 5.94. The lowest BCUT2D eigenvalue weighted by atomic mass is 10.2. The molecule has 1 heterocycles. The second-order valence-corrected chi connectivity index (χ2v) is 5.37. The molecule has 0 fully saturated rings. The summed E-state index contributed by atoms with van der Waals surface area (Å²) in [5.74, 6) is 0.784. The van der Waals surface area contributed by atoms with E-state index in [1.165, 1.54) is 7.11 Å². The van der Waals surface area contributed by atoms with Crippen molar-refractivity contribution in [3.05, 3.63) is 38.4 Å². The molecular formula is C12H10BrCl2N3O. The lowest BCUT2D eigenvalue weighted by molar-refractivity contribution is 0.394. The van der Waals surface area contributed by atoms with E-state index in [4.69, 9.17) is 27.9 Å². The van der Waals surface area contributed by atoms with Crippen molar-refractivity contribution in [2.75, 3.05) is 12.4 Å². The van der Waals surface area contributed by atoms with E-state index in [0.29, 0.717) is 32.0 Å². The standard InChI is InChI=1S/C12H10BrCl2N3O/c1-6-3-4-8(14)10(9(6)15)17-12-16-5-7(13)11(18-12)19-2/h3-5H,1-2H3,(H,16,17,18). The Bertz CT molecular complexity index is 622. The molecule has 19 heavy (non-hydrogen) atoms. The smallest absolute Gasteiger partial charge is 0.232 e. The number of anilines is 2. The van der Waals surface area contributed by atoms with Crippen molar-refractivity contribution in [1.82, 2.24) is 9.97 Å². The molecule has 0 saturated carbocycles. The van der Waals surface area contributed by atoms with Crippen molar-refractivity contribution in [2.24, 2.45) is 0 Å². The molecule has 0 aliphatic carbocycles. The second-order valence-electron chi connectivity index (χ2n) is 3.73. The first-order valence-corrected chi connectivity index (χ1v) is 6.86. The summed E-state index contributed by atoms with van der Waals surface area (Å²) in [5.41, 5.74) is 1.49. The summed E-state index contributed by atoms with van der Waals surface area (Å²) in [6.07, 6.45) is 1.59. The molecule has 2 aromatic rings. The highest BCUT2D eigenvalue weighted by atomic mass is 79.9. The van der Waals surface area contributed by atoms with Crippen molar-refractivity contribution in [3.63, 3.8) is 0 Å². The lowest BCUT2D eigenvalue weighted by Gasteiger charge is -2.11. The normalized spacial score (nSPS) is 10.4. The monoisotopic (exact) mass is 361 g/mol. The van der Waals surface area contributed by atoms with Crippen LogP contribution in [-0.4, -0.2) is 17.1 Å². The molecule has 0 spiro atoms. The molecule has 0 unspecified atom stereocenters. The van der Waals surface area contributed by atoms with Gasteiger partial charge in [-0.15, -0.1) is 0 Å². The molecule has 7 heteroatoms. The van der Waals surface area contributed by atoms with Crippen LogP contribution < -0.4 is 10.1 Å². The zero-order chi connectivity index (χ0) is 14.0. The number of nitrogens with one attached hydrogen (secondary N) is 1. The molecule has 0 saturated heterocycles. The van der Waals surface area contributed by atoms with Crippen LogP contribution in [0.15, 0.2) is 22.8 Å². The zero-order valence-electron chi connectivity index (χ0n) is 10.2. The Balaban J connectivity index is 2.39. The van der Waals surface area contributed by atoms with Gasteiger partial charge in [0.25, 0.3) is 0 Å². The number of rotatable bonds is 3. The van der Waals surface area contributed by atoms with Crippen LogP contribution in [0.25, 0.3) is 0 Å². The third-order valence-corrected chi connectivity index (χ3v) is 3.77. The average Bonchev–Trinajstić information content (AvgIpc) is 2.41. The van der Waals surface area contributed by atoms with Crippen molar-refractivity contribution >= 4 is 50.8 Å². The topological polar surface area (TPSA) is 47.0 Å². The van der Waals surface area contributed by atoms with Crippen LogP contribution in [-0.2, 0) is 0 Å². The number of aryl methyl sites for hydroxylation is 1. The van der Waals surface area contributed by atoms with Gasteiger partial charge in [-0.05, 0) is 34.5 Å². The predicted octanol–water partition coefficient (Wildman–Crippen LogP) is 4.61. The van der Waals surface area contributed by atoms with E-state index in [9.17, 15) is 0 Å². The van der Waals surface area contributed by atoms with Gasteiger partial charge in [-0.3, -0.25) is 0 Å². The van der Waals surface area contributed by atoms with Crippen LogP contribution in [0.2, 0.25) is 10.0 Å². The van der Waals surface area contributed by atoms with Gasteiger partial charge in [-0.25, -0.2) is 4.98 Å². The summed E-state index contributed by atoms with van der Waals surface area (Å²) >= 11 is 15.6. The first-order chi connectivity index (χ1) is 9.02. The minimum atomic E-state index is 0.356. The molecule has 100 valence electrons. The fourth-order valence-corrected chi connectivity index (χ4v) is 2.26. The molecule has 0 aliphatic rings. The Morgan fingerprint density at radius 1 is 1.32 bits per heavy atom. The molecule has 0 radical (unpaired) electrons. The maximum Gasteiger partial charge on any atom is 0.232 e. The SMILES string of the molecule is COc1nc(Nc2c(Cl)ccc(C)c2Cl)ncc1Br. The number of nitrogens with zero attached hydrogens (tertiary/aromatic N) is 2. The van der Waals surface area contributed by atoms with Gasteiger partial charge in [-0.2, -0.15) is 4.98 Å². The number of benzene rings is 1. The average molecular weight is 363 g/mol. The molecule has 1 N–H and O–H groups in total. The van der Waals surface area contributed by atoms with Crippen LogP contribution in [0.5, 0.6) is 5.88 Å². The van der Waals surface area contributed by atoms with E-state index in [1.807, 2.05) is 13.0 Å². The van der Waals surface area contributed by atoms with E-state index in [1.54, 1.807) is 12.3 Å². The molecule has 0 bridgehead atoms. The van der Waals surface area contributed by atoms with Gasteiger partial charge in [0.15, 0.2) is 0 Å². The number of halogens is 3. The number of methoxy groups -OCH3 is 1. The Kier molecular flexibility index (Phi) is 4.50. The van der Waals surface area contributed by atoms with Crippen LogP contribution in [0.3, 0.4) is 0 Å². The molecule has 1 aromatic carbocycles. The Labute approximate surface area is 129 Å². The highest BCUT2D eigenvalue weighted by Gasteiger charge is 2.11. The Morgan fingerprint density at radius 2 is 2.05 bits per heavy atom. The molecular weight excluding hydrogens is 353 g/mol. The summed E-state index contributed by atoms with van der Waals surface area (Å²) in [6.45, 7) is 1.90. The van der Waals surface area contributed by atoms with Gasteiger partial charge in [0.05, 0.1) is 33.5 Å². The molecule has 0 aliphatic heterocycles. The van der Waals surface area contributed by atoms with E-state index in [-0.39, 0.29) is 0 Å². The van der Waals surface area contributed by atoms with Crippen LogP contribution in [0.4, 0.5) is 11.6 Å². The third-order valence-electron chi connectivity index (χ3n) is 2.43. The fourth-order valence-electron chi connectivity index (χ4n) is 1.44. The summed E-state index contributed by atoms with van der Waals surface area (Å²) in [7, 11) is 1.53. The minimum Gasteiger partial charge on any atom is -0.480 e. The number of ether oxygens (including phenoxy) is 1. The van der Waals surface area contributed by atoms with E-state index in [0.717, 1.165) is 5.56 Å². The molecule has 0 atom stereocenters. The van der Waals surface area contributed by atoms with Gasteiger partial charge >= 0.3 is 0 Å². The first-order valence-electron chi connectivity index (χ1n) is 5.31. The highest BCUT2D eigenvalue weighted by Crippen LogP contribution is 2.35. The van der Waals surface area contributed by atoms with E-state index in [2.05, 4.69) is 31.2 Å². The highest BCUT2D eigenvalue weighted by molar-refractivity contribution is 9.10. The fraction of sp³-hybridized carbons (Fsp3) is 0.167. The Hall–Kier alpha value is -1.04. The first kappa shape index (κ1) is 14.4. The molecule has 4 nitrogen and oxygen atoms in total. The van der Waals surface area contributed by atoms with Crippen LogP contribution >= 0.6 is 39.1 Å². The summed E-state index contributed by atoms with van der Waals surface area (Å²) in [5, 5.41) is 4.04. The molecule has 2 rings (SSSR count). The lowest BCUT2D eigenvalue weighted by Crippen LogP contribution is -2.01. The van der Waals surface area contributed by atoms with Crippen molar-refractivity contribution in [2.45, 2.75) is 6.92 Å². The van der Waals surface area contributed by atoms with Gasteiger partial charge < -0.3 is 10.1 Å². The van der Waals surface area contributed by atoms with Crippen molar-refractivity contribution in [1.29, 1.82) is 0 Å². The van der Waals surface area contributed by atoms with Crippen molar-refractivity contribution in [3.8, 4) is 5.88 Å². The summed E-state index contributed by atoms with van der Waals surface area (Å²) in [4.78, 5) is 8.32.